The number of carboxylic acid groups (broad SMARTS) is 1. The Kier molecular flexibility index (Phi) is 10.5. The van der Waals surface area contributed by atoms with Crippen molar-refractivity contribution in [3.05, 3.63) is 12.2 Å². The van der Waals surface area contributed by atoms with E-state index in [0.717, 1.165) is 32.1 Å². The molecule has 0 aromatic carbocycles. The number of hydrogen-bond donors (Lipinski definition) is 3. The Labute approximate surface area is 170 Å². The molecule has 1 unspecified atom stereocenters. The average Bonchev–Trinajstić information content (AvgIpc) is 2.82. The van der Waals surface area contributed by atoms with Crippen molar-refractivity contribution in [2.75, 3.05) is 6.61 Å². The fourth-order valence-corrected chi connectivity index (χ4v) is 4.79. The van der Waals surface area contributed by atoms with E-state index in [1.807, 2.05) is 12.2 Å². The maximum absolute atomic E-state index is 10.7. The maximum Gasteiger partial charge on any atom is 0.303 e. The molecule has 0 radical (unpaired) electrons. The van der Waals surface area contributed by atoms with Crippen LogP contribution in [0.15, 0.2) is 12.2 Å². The van der Waals surface area contributed by atoms with Gasteiger partial charge in [-0.3, -0.25) is 4.79 Å². The van der Waals surface area contributed by atoms with Crippen LogP contribution in [0.25, 0.3) is 0 Å². The zero-order valence-electron chi connectivity index (χ0n) is 17.5. The summed E-state index contributed by atoms with van der Waals surface area (Å²) in [5, 5.41) is 29.5. The number of ether oxygens (including phenoxy) is 1. The number of unbranched alkanes of at least 4 members (excludes halogenated alkanes) is 4. The first-order valence-electron chi connectivity index (χ1n) is 11.4. The lowest BCUT2D eigenvalue weighted by molar-refractivity contribution is -0.137. The minimum Gasteiger partial charge on any atom is -0.481 e. The molecule has 5 heteroatoms. The molecule has 0 aromatic heterocycles. The summed E-state index contributed by atoms with van der Waals surface area (Å²) in [4.78, 5) is 10.7. The summed E-state index contributed by atoms with van der Waals surface area (Å²) in [5.74, 6) is 0.0362. The third-order valence-corrected chi connectivity index (χ3v) is 6.51. The lowest BCUT2D eigenvalue weighted by Crippen LogP contribution is -2.21. The molecule has 6 atom stereocenters. The molecule has 0 spiro atoms. The molecule has 28 heavy (non-hydrogen) atoms. The van der Waals surface area contributed by atoms with Crippen LogP contribution in [0.2, 0.25) is 0 Å². The molecule has 2 fully saturated rings. The molecule has 2 aliphatic rings. The van der Waals surface area contributed by atoms with Crippen molar-refractivity contribution in [3.63, 3.8) is 0 Å². The molecule has 5 nitrogen and oxygen atoms in total. The van der Waals surface area contributed by atoms with Gasteiger partial charge in [0.05, 0.1) is 18.3 Å². The number of hydrogen-bond acceptors (Lipinski definition) is 4. The van der Waals surface area contributed by atoms with Crippen LogP contribution in [0.3, 0.4) is 0 Å². The van der Waals surface area contributed by atoms with Gasteiger partial charge >= 0.3 is 5.97 Å². The predicted molar refractivity (Wildman–Crippen MR) is 110 cm³/mol. The largest absolute Gasteiger partial charge is 0.481 e. The van der Waals surface area contributed by atoms with Crippen LogP contribution in [0.5, 0.6) is 0 Å². The van der Waals surface area contributed by atoms with E-state index in [2.05, 4.69) is 6.92 Å². The Bertz CT molecular complexity index is 478. The van der Waals surface area contributed by atoms with Gasteiger partial charge in [0.25, 0.3) is 0 Å². The minimum absolute atomic E-state index is 0.0533. The zero-order valence-corrected chi connectivity index (χ0v) is 17.5. The second-order valence-corrected chi connectivity index (χ2v) is 8.80. The Morgan fingerprint density at radius 3 is 2.71 bits per heavy atom. The summed E-state index contributed by atoms with van der Waals surface area (Å²) in [6.07, 6.45) is 14.4. The monoisotopic (exact) mass is 396 g/mol. The highest BCUT2D eigenvalue weighted by Crippen LogP contribution is 2.42. The first kappa shape index (κ1) is 23.4. The molecule has 1 aliphatic heterocycles. The molecule has 0 bridgehead atoms. The van der Waals surface area contributed by atoms with Crippen LogP contribution in [-0.4, -0.2) is 46.2 Å². The van der Waals surface area contributed by atoms with Gasteiger partial charge in [0, 0.05) is 25.4 Å². The van der Waals surface area contributed by atoms with E-state index in [-0.39, 0.29) is 18.4 Å². The van der Waals surface area contributed by atoms with Gasteiger partial charge in [0.2, 0.25) is 0 Å². The lowest BCUT2D eigenvalue weighted by atomic mass is 9.86. The quantitative estimate of drug-likeness (QED) is 0.338. The molecule has 162 valence electrons. The Morgan fingerprint density at radius 1 is 1.18 bits per heavy atom. The normalized spacial score (nSPS) is 31.6. The van der Waals surface area contributed by atoms with E-state index in [1.54, 1.807) is 0 Å². The SMILES string of the molecule is CCCCCCCC(O)/C=C/[C@@H]1[C@H]2CC[C@H](CCCC(=O)O)CO[C@H]2C[C@H]1O. The van der Waals surface area contributed by atoms with E-state index in [1.165, 1.54) is 25.7 Å². The number of fused-ring (bicyclic) bond motifs is 1. The van der Waals surface area contributed by atoms with Crippen molar-refractivity contribution in [3.8, 4) is 0 Å². The molecule has 1 saturated carbocycles. The number of aliphatic hydroxyl groups is 2. The third-order valence-electron chi connectivity index (χ3n) is 6.51. The zero-order chi connectivity index (χ0) is 20.4. The van der Waals surface area contributed by atoms with Crippen molar-refractivity contribution >= 4 is 5.97 Å². The molecule has 2 rings (SSSR count). The minimum atomic E-state index is -0.733. The van der Waals surface area contributed by atoms with Crippen LogP contribution < -0.4 is 0 Å². The van der Waals surface area contributed by atoms with E-state index in [0.29, 0.717) is 31.3 Å². The number of carboxylic acids is 1. The van der Waals surface area contributed by atoms with Gasteiger partial charge in [-0.15, -0.1) is 0 Å². The summed E-state index contributed by atoms with van der Waals surface area (Å²) < 4.78 is 6.10. The molecule has 0 amide bonds. The Hall–Kier alpha value is -0.910. The Balaban J connectivity index is 1.77. The third kappa shape index (κ3) is 7.84. The van der Waals surface area contributed by atoms with Gasteiger partial charge in [0.1, 0.15) is 0 Å². The summed E-state index contributed by atoms with van der Waals surface area (Å²) in [6, 6.07) is 0. The van der Waals surface area contributed by atoms with E-state index in [4.69, 9.17) is 9.84 Å². The number of rotatable bonds is 12. The highest BCUT2D eigenvalue weighted by molar-refractivity contribution is 5.66. The molecular formula is C23H40O5. The highest BCUT2D eigenvalue weighted by atomic mass is 16.5. The maximum atomic E-state index is 10.7. The fourth-order valence-electron chi connectivity index (χ4n) is 4.79. The van der Waals surface area contributed by atoms with Crippen LogP contribution in [0.4, 0.5) is 0 Å². The summed E-state index contributed by atoms with van der Waals surface area (Å²) in [7, 11) is 0. The van der Waals surface area contributed by atoms with E-state index >= 15 is 0 Å². The second-order valence-electron chi connectivity index (χ2n) is 8.80. The summed E-state index contributed by atoms with van der Waals surface area (Å²) in [5.41, 5.74) is 0. The summed E-state index contributed by atoms with van der Waals surface area (Å²) in [6.45, 7) is 2.87. The molecule has 1 saturated heterocycles. The molecule has 0 aromatic rings. The molecule has 3 N–H and O–H groups in total. The van der Waals surface area contributed by atoms with Crippen molar-refractivity contribution in [2.45, 2.75) is 102 Å². The van der Waals surface area contributed by atoms with E-state index < -0.39 is 18.2 Å². The van der Waals surface area contributed by atoms with Crippen LogP contribution in [0, 0.1) is 17.8 Å². The van der Waals surface area contributed by atoms with Crippen LogP contribution in [0.1, 0.15) is 84.0 Å². The Morgan fingerprint density at radius 2 is 1.96 bits per heavy atom. The van der Waals surface area contributed by atoms with Crippen molar-refractivity contribution in [1.82, 2.24) is 0 Å². The second kappa shape index (κ2) is 12.6. The fraction of sp³-hybridized carbons (Fsp3) is 0.870. The first-order valence-corrected chi connectivity index (χ1v) is 11.4. The molecular weight excluding hydrogens is 356 g/mol. The number of aliphatic hydroxyl groups excluding tert-OH is 2. The van der Waals surface area contributed by atoms with Gasteiger partial charge < -0.3 is 20.1 Å². The number of carbonyl (C=O) groups is 1. The highest BCUT2D eigenvalue weighted by Gasteiger charge is 2.43. The lowest BCUT2D eigenvalue weighted by Gasteiger charge is -2.21. The average molecular weight is 397 g/mol. The van der Waals surface area contributed by atoms with Crippen LogP contribution in [-0.2, 0) is 9.53 Å². The van der Waals surface area contributed by atoms with Gasteiger partial charge in [-0.05, 0) is 43.9 Å². The van der Waals surface area contributed by atoms with Crippen molar-refractivity contribution in [2.24, 2.45) is 17.8 Å². The standard InChI is InChI=1S/C23H40O5/c1-2-3-4-5-6-9-18(24)12-14-19-20-13-11-17(8-7-10-23(26)27)16-28-22(20)15-21(19)25/h12,14,17-22,24-25H,2-11,13,15-16H2,1H3,(H,26,27)/b14-12+/t17-,18?,19+,20+,21+,22-/m0/s1. The predicted octanol–water partition coefficient (Wildman–Crippen LogP) is 4.31. The topological polar surface area (TPSA) is 87.0 Å². The van der Waals surface area contributed by atoms with Gasteiger partial charge in [-0.25, -0.2) is 0 Å². The molecule has 1 aliphatic carbocycles. The van der Waals surface area contributed by atoms with Gasteiger partial charge in [-0.2, -0.15) is 0 Å². The first-order chi connectivity index (χ1) is 13.5. The van der Waals surface area contributed by atoms with Crippen molar-refractivity contribution in [1.29, 1.82) is 0 Å². The number of aliphatic carboxylic acids is 1. The van der Waals surface area contributed by atoms with Crippen molar-refractivity contribution < 1.29 is 24.9 Å². The van der Waals surface area contributed by atoms with E-state index in [9.17, 15) is 15.0 Å². The van der Waals surface area contributed by atoms with Gasteiger partial charge in [0.15, 0.2) is 0 Å². The van der Waals surface area contributed by atoms with Gasteiger partial charge in [-0.1, -0.05) is 51.2 Å². The smallest absolute Gasteiger partial charge is 0.303 e. The molecule has 1 heterocycles. The summed E-state index contributed by atoms with van der Waals surface area (Å²) >= 11 is 0. The van der Waals surface area contributed by atoms with Crippen LogP contribution >= 0.6 is 0 Å².